The van der Waals surface area contributed by atoms with Gasteiger partial charge in [-0.1, -0.05) is 0 Å². The van der Waals surface area contributed by atoms with Crippen molar-refractivity contribution in [3.63, 3.8) is 0 Å². The monoisotopic (exact) mass is 277 g/mol. The molecule has 1 saturated carbocycles. The number of nitrogens with one attached hydrogen (secondary N) is 1. The molecule has 6 heteroatoms. The molecule has 1 fully saturated rings. The first-order chi connectivity index (χ1) is 9.24. The Balaban J connectivity index is 2.18. The molecular weight excluding hydrogens is 262 g/mol. The number of aromatic nitrogens is 3. The smallest absolute Gasteiger partial charge is 0.195 e. The van der Waals surface area contributed by atoms with Crippen LogP contribution in [0.3, 0.4) is 0 Å². The van der Waals surface area contributed by atoms with Crippen LogP contribution >= 0.6 is 12.2 Å². The van der Waals surface area contributed by atoms with Crippen LogP contribution in [0.2, 0.25) is 0 Å². The summed E-state index contributed by atoms with van der Waals surface area (Å²) < 4.78 is 13.4. The van der Waals surface area contributed by atoms with Crippen molar-refractivity contribution in [3.8, 4) is 22.9 Å². The molecule has 1 aromatic heterocycles. The summed E-state index contributed by atoms with van der Waals surface area (Å²) in [5.74, 6) is 2.34. The molecule has 0 bridgehead atoms. The molecule has 0 aliphatic heterocycles. The van der Waals surface area contributed by atoms with E-state index in [9.17, 15) is 0 Å². The van der Waals surface area contributed by atoms with E-state index in [-0.39, 0.29) is 0 Å². The minimum Gasteiger partial charge on any atom is -0.497 e. The Morgan fingerprint density at radius 1 is 1.32 bits per heavy atom. The fourth-order valence-electron chi connectivity index (χ4n) is 2.15. The summed E-state index contributed by atoms with van der Waals surface area (Å²) in [5, 5.41) is 7.21. The summed E-state index contributed by atoms with van der Waals surface area (Å²) >= 11 is 5.30. The molecule has 0 saturated heterocycles. The quantitative estimate of drug-likeness (QED) is 0.873. The van der Waals surface area contributed by atoms with Crippen molar-refractivity contribution in [2.75, 3.05) is 14.2 Å². The lowest BCUT2D eigenvalue weighted by Crippen LogP contribution is -1.99. The second-order valence-electron chi connectivity index (χ2n) is 4.52. The van der Waals surface area contributed by atoms with Crippen LogP contribution in [0.5, 0.6) is 11.5 Å². The van der Waals surface area contributed by atoms with Gasteiger partial charge in [-0.05, 0) is 43.3 Å². The highest BCUT2D eigenvalue weighted by molar-refractivity contribution is 7.71. The van der Waals surface area contributed by atoms with Crippen molar-refractivity contribution in [3.05, 3.63) is 23.0 Å². The lowest BCUT2D eigenvalue weighted by Gasteiger charge is -2.11. The first-order valence-corrected chi connectivity index (χ1v) is 6.54. The number of benzene rings is 1. The zero-order valence-corrected chi connectivity index (χ0v) is 11.7. The minimum atomic E-state index is 0.456. The first kappa shape index (κ1) is 12.2. The van der Waals surface area contributed by atoms with E-state index in [2.05, 4.69) is 14.8 Å². The van der Waals surface area contributed by atoms with Crippen molar-refractivity contribution in [2.24, 2.45) is 0 Å². The summed E-state index contributed by atoms with van der Waals surface area (Å²) in [6, 6.07) is 6.12. The largest absolute Gasteiger partial charge is 0.497 e. The maximum absolute atomic E-state index is 5.41. The van der Waals surface area contributed by atoms with Gasteiger partial charge in [0.1, 0.15) is 11.5 Å². The maximum atomic E-state index is 5.41. The average molecular weight is 277 g/mol. The molecule has 0 radical (unpaired) electrons. The number of ether oxygens (including phenoxy) is 2. The number of rotatable bonds is 4. The second kappa shape index (κ2) is 4.70. The molecule has 100 valence electrons. The van der Waals surface area contributed by atoms with E-state index in [1.807, 2.05) is 18.2 Å². The first-order valence-electron chi connectivity index (χ1n) is 6.14. The van der Waals surface area contributed by atoms with E-state index in [0.29, 0.717) is 10.8 Å². The Labute approximate surface area is 116 Å². The zero-order valence-electron chi connectivity index (χ0n) is 10.8. The molecule has 1 heterocycles. The van der Waals surface area contributed by atoms with Crippen LogP contribution in [-0.4, -0.2) is 29.0 Å². The number of hydrogen-bond donors (Lipinski definition) is 1. The van der Waals surface area contributed by atoms with Gasteiger partial charge in [0.2, 0.25) is 0 Å². The Hall–Kier alpha value is -1.82. The van der Waals surface area contributed by atoms with E-state index in [1.54, 1.807) is 14.2 Å². The summed E-state index contributed by atoms with van der Waals surface area (Å²) in [6.07, 6.45) is 2.29. The van der Waals surface area contributed by atoms with E-state index in [0.717, 1.165) is 35.7 Å². The molecule has 1 aliphatic rings. The number of nitrogens with zero attached hydrogens (tertiary/aromatic N) is 2. The Kier molecular flexibility index (Phi) is 3.02. The van der Waals surface area contributed by atoms with Gasteiger partial charge < -0.3 is 9.47 Å². The molecule has 1 aromatic carbocycles. The molecule has 0 spiro atoms. The SMILES string of the molecule is COc1ccc(OC)c(-c2n[nH]c(=S)n2C2CC2)c1. The number of hydrogen-bond acceptors (Lipinski definition) is 4. The molecule has 0 unspecified atom stereocenters. The number of aromatic amines is 1. The van der Waals surface area contributed by atoms with E-state index < -0.39 is 0 Å². The molecule has 1 aliphatic carbocycles. The second-order valence-corrected chi connectivity index (χ2v) is 4.91. The third kappa shape index (κ3) is 2.12. The third-order valence-corrected chi connectivity index (χ3v) is 3.55. The predicted octanol–water partition coefficient (Wildman–Crippen LogP) is 2.96. The van der Waals surface area contributed by atoms with Gasteiger partial charge in [0, 0.05) is 6.04 Å². The van der Waals surface area contributed by atoms with Gasteiger partial charge in [0.25, 0.3) is 0 Å². The van der Waals surface area contributed by atoms with Crippen LogP contribution in [0.25, 0.3) is 11.4 Å². The normalized spacial score (nSPS) is 14.4. The van der Waals surface area contributed by atoms with Gasteiger partial charge in [-0.2, -0.15) is 5.10 Å². The fraction of sp³-hybridized carbons (Fsp3) is 0.385. The van der Waals surface area contributed by atoms with Gasteiger partial charge in [-0.25, -0.2) is 0 Å². The Morgan fingerprint density at radius 2 is 2.11 bits per heavy atom. The maximum Gasteiger partial charge on any atom is 0.195 e. The standard InChI is InChI=1S/C13H15N3O2S/c1-17-9-5-6-11(18-2)10(7-9)12-14-15-13(19)16(12)8-3-4-8/h5-8H,3-4H2,1-2H3,(H,15,19). The summed E-state index contributed by atoms with van der Waals surface area (Å²) in [5.41, 5.74) is 0.890. The topological polar surface area (TPSA) is 52.1 Å². The highest BCUT2D eigenvalue weighted by Crippen LogP contribution is 2.40. The van der Waals surface area contributed by atoms with Gasteiger partial charge >= 0.3 is 0 Å². The predicted molar refractivity (Wildman–Crippen MR) is 74.2 cm³/mol. The summed E-state index contributed by atoms with van der Waals surface area (Å²) in [4.78, 5) is 0. The van der Waals surface area contributed by atoms with Gasteiger partial charge in [0.05, 0.1) is 19.8 Å². The summed E-state index contributed by atoms with van der Waals surface area (Å²) in [6.45, 7) is 0. The number of H-pyrrole nitrogens is 1. The van der Waals surface area contributed by atoms with Crippen molar-refractivity contribution < 1.29 is 9.47 Å². The summed E-state index contributed by atoms with van der Waals surface area (Å²) in [7, 11) is 3.29. The van der Waals surface area contributed by atoms with Crippen molar-refractivity contribution in [1.29, 1.82) is 0 Å². The lowest BCUT2D eigenvalue weighted by atomic mass is 10.1. The molecule has 0 amide bonds. The zero-order chi connectivity index (χ0) is 13.4. The van der Waals surface area contributed by atoms with E-state index >= 15 is 0 Å². The minimum absolute atomic E-state index is 0.456. The molecular formula is C13H15N3O2S. The van der Waals surface area contributed by atoms with Crippen molar-refractivity contribution >= 4 is 12.2 Å². The van der Waals surface area contributed by atoms with Gasteiger partial charge in [0.15, 0.2) is 10.6 Å². The molecule has 2 aromatic rings. The van der Waals surface area contributed by atoms with Crippen LogP contribution < -0.4 is 9.47 Å². The molecule has 0 atom stereocenters. The van der Waals surface area contributed by atoms with Crippen LogP contribution in [0.15, 0.2) is 18.2 Å². The molecule has 1 N–H and O–H groups in total. The highest BCUT2D eigenvalue weighted by atomic mass is 32.1. The number of methoxy groups -OCH3 is 2. The molecule has 3 rings (SSSR count). The third-order valence-electron chi connectivity index (χ3n) is 3.26. The Bertz CT molecular complexity index is 658. The lowest BCUT2D eigenvalue weighted by molar-refractivity contribution is 0.404. The Morgan fingerprint density at radius 3 is 2.74 bits per heavy atom. The van der Waals surface area contributed by atoms with Crippen LogP contribution in [-0.2, 0) is 0 Å². The van der Waals surface area contributed by atoms with Crippen LogP contribution in [0, 0.1) is 4.77 Å². The van der Waals surface area contributed by atoms with E-state index in [1.165, 1.54) is 0 Å². The van der Waals surface area contributed by atoms with Gasteiger partial charge in [-0.15, -0.1) is 0 Å². The highest BCUT2D eigenvalue weighted by Gasteiger charge is 2.28. The molecule has 5 nitrogen and oxygen atoms in total. The van der Waals surface area contributed by atoms with Crippen molar-refractivity contribution in [2.45, 2.75) is 18.9 Å². The molecule has 19 heavy (non-hydrogen) atoms. The van der Waals surface area contributed by atoms with Crippen LogP contribution in [0.4, 0.5) is 0 Å². The average Bonchev–Trinajstić information content (AvgIpc) is 3.21. The van der Waals surface area contributed by atoms with Crippen molar-refractivity contribution in [1.82, 2.24) is 14.8 Å². The van der Waals surface area contributed by atoms with E-state index in [4.69, 9.17) is 21.7 Å². The fourth-order valence-corrected chi connectivity index (χ4v) is 2.44. The van der Waals surface area contributed by atoms with Gasteiger partial charge in [-0.3, -0.25) is 9.67 Å². The van der Waals surface area contributed by atoms with Crippen LogP contribution in [0.1, 0.15) is 18.9 Å².